The van der Waals surface area contributed by atoms with E-state index in [2.05, 4.69) is 10.1 Å². The van der Waals surface area contributed by atoms with Gasteiger partial charge in [-0.3, -0.25) is 4.79 Å². The van der Waals surface area contributed by atoms with Crippen molar-refractivity contribution in [1.29, 1.82) is 0 Å². The number of nitrogens with zero attached hydrogens (tertiary/aromatic N) is 2. The van der Waals surface area contributed by atoms with Crippen LogP contribution >= 0.6 is 0 Å². The first kappa shape index (κ1) is 19.5. The van der Waals surface area contributed by atoms with Crippen molar-refractivity contribution in [2.45, 2.75) is 13.1 Å². The minimum atomic E-state index is -4.45. The number of halogens is 3. The molecule has 0 aliphatic heterocycles. The number of alkyl halides is 3. The maximum absolute atomic E-state index is 12.9. The molecule has 28 heavy (non-hydrogen) atoms. The Hall–Kier alpha value is -3.29. The molecule has 0 saturated carbocycles. The molecule has 0 fully saturated rings. The second kappa shape index (κ2) is 7.03. The molecule has 1 heterocycles. The standard InChI is InChI=1S/C20H18F3N3O2/c1-11(27)13-6-9-16-15(10-13)17(19(28)24-16)18(25-26(2)3)12-4-7-14(8-5-12)20(21,22)23/h4-10,24,28H,1-3H3. The molecule has 0 spiro atoms. The molecule has 3 rings (SSSR count). The molecular weight excluding hydrogens is 371 g/mol. The van der Waals surface area contributed by atoms with Gasteiger partial charge in [0.1, 0.15) is 5.71 Å². The molecule has 3 aromatic rings. The van der Waals surface area contributed by atoms with Gasteiger partial charge in [-0.25, -0.2) is 0 Å². The van der Waals surface area contributed by atoms with Crippen molar-refractivity contribution in [2.75, 3.05) is 14.1 Å². The van der Waals surface area contributed by atoms with E-state index in [-0.39, 0.29) is 17.4 Å². The predicted molar refractivity (Wildman–Crippen MR) is 101 cm³/mol. The van der Waals surface area contributed by atoms with Crippen molar-refractivity contribution in [3.05, 3.63) is 64.7 Å². The zero-order valence-electron chi connectivity index (χ0n) is 15.4. The van der Waals surface area contributed by atoms with E-state index < -0.39 is 11.7 Å². The van der Waals surface area contributed by atoms with E-state index >= 15 is 0 Å². The second-order valence-corrected chi connectivity index (χ2v) is 6.54. The summed E-state index contributed by atoms with van der Waals surface area (Å²) >= 11 is 0. The van der Waals surface area contributed by atoms with Gasteiger partial charge < -0.3 is 15.1 Å². The van der Waals surface area contributed by atoms with Gasteiger partial charge >= 0.3 is 6.18 Å². The van der Waals surface area contributed by atoms with Gasteiger partial charge in [-0.2, -0.15) is 18.3 Å². The van der Waals surface area contributed by atoms with Crippen LogP contribution in [0, 0.1) is 0 Å². The summed E-state index contributed by atoms with van der Waals surface area (Å²) in [6.45, 7) is 1.43. The van der Waals surface area contributed by atoms with E-state index in [1.54, 1.807) is 32.3 Å². The highest BCUT2D eigenvalue weighted by Gasteiger charge is 2.30. The van der Waals surface area contributed by atoms with Crippen molar-refractivity contribution < 1.29 is 23.1 Å². The quantitative estimate of drug-likeness (QED) is 0.395. The van der Waals surface area contributed by atoms with Crippen LogP contribution in [0.2, 0.25) is 0 Å². The summed E-state index contributed by atoms with van der Waals surface area (Å²) in [4.78, 5) is 14.6. The maximum atomic E-state index is 12.9. The predicted octanol–water partition coefficient (Wildman–Crippen LogP) is 4.41. The molecule has 146 valence electrons. The molecule has 2 aromatic carbocycles. The van der Waals surface area contributed by atoms with Crippen LogP contribution in [0.15, 0.2) is 47.6 Å². The van der Waals surface area contributed by atoms with Gasteiger partial charge in [0.15, 0.2) is 11.7 Å². The topological polar surface area (TPSA) is 68.7 Å². The van der Waals surface area contributed by atoms with Crippen LogP contribution in [0.4, 0.5) is 13.2 Å². The number of aromatic hydroxyl groups is 1. The Labute approximate surface area is 159 Å². The van der Waals surface area contributed by atoms with Crippen LogP contribution in [-0.2, 0) is 6.18 Å². The fraction of sp³-hybridized carbons (Fsp3) is 0.200. The SMILES string of the molecule is CC(=O)c1ccc2[nH]c(O)c(C(=NN(C)C)c3ccc(C(F)(F)F)cc3)c2c1. The third-order valence-corrected chi connectivity index (χ3v) is 4.21. The van der Waals surface area contributed by atoms with Crippen LogP contribution in [0.3, 0.4) is 0 Å². The molecule has 8 heteroatoms. The minimum Gasteiger partial charge on any atom is -0.494 e. The molecule has 2 N–H and O–H groups in total. The Morgan fingerprint density at radius 1 is 1.07 bits per heavy atom. The molecule has 0 aliphatic rings. The molecule has 5 nitrogen and oxygen atoms in total. The second-order valence-electron chi connectivity index (χ2n) is 6.54. The largest absolute Gasteiger partial charge is 0.494 e. The first-order valence-electron chi connectivity index (χ1n) is 8.37. The van der Waals surface area contributed by atoms with E-state index in [1.165, 1.54) is 24.1 Å². The Morgan fingerprint density at radius 2 is 1.68 bits per heavy atom. The van der Waals surface area contributed by atoms with Crippen molar-refractivity contribution in [3.8, 4) is 5.88 Å². The third kappa shape index (κ3) is 3.71. The lowest BCUT2D eigenvalue weighted by Gasteiger charge is -2.13. The number of carbonyl (C=O) groups is 1. The van der Waals surface area contributed by atoms with E-state index in [0.29, 0.717) is 27.6 Å². The number of hydrazone groups is 1. The number of Topliss-reactive ketones (excluding diaryl/α,β-unsaturated/α-hetero) is 1. The molecule has 0 unspecified atom stereocenters. The monoisotopic (exact) mass is 389 g/mol. The number of ketones is 1. The lowest BCUT2D eigenvalue weighted by atomic mass is 9.98. The number of nitrogens with one attached hydrogen (secondary N) is 1. The highest BCUT2D eigenvalue weighted by Crippen LogP contribution is 2.33. The first-order chi connectivity index (χ1) is 13.1. The maximum Gasteiger partial charge on any atom is 0.416 e. The number of aromatic amines is 1. The van der Waals surface area contributed by atoms with Gasteiger partial charge in [-0.15, -0.1) is 0 Å². The lowest BCUT2D eigenvalue weighted by molar-refractivity contribution is -0.137. The molecule has 0 saturated heterocycles. The minimum absolute atomic E-state index is 0.144. The summed E-state index contributed by atoms with van der Waals surface area (Å²) in [5, 5.41) is 16.9. The van der Waals surface area contributed by atoms with E-state index in [0.717, 1.165) is 12.1 Å². The molecule has 1 aromatic heterocycles. The Morgan fingerprint density at radius 3 is 2.21 bits per heavy atom. The fourth-order valence-electron chi connectivity index (χ4n) is 2.91. The number of hydrogen-bond acceptors (Lipinski definition) is 4. The number of rotatable bonds is 4. The van der Waals surface area contributed by atoms with Crippen molar-refractivity contribution in [2.24, 2.45) is 5.10 Å². The average molecular weight is 389 g/mol. The number of benzene rings is 2. The fourth-order valence-corrected chi connectivity index (χ4v) is 2.91. The zero-order valence-corrected chi connectivity index (χ0v) is 15.4. The smallest absolute Gasteiger partial charge is 0.416 e. The average Bonchev–Trinajstić information content (AvgIpc) is 2.93. The van der Waals surface area contributed by atoms with E-state index in [4.69, 9.17) is 0 Å². The number of aromatic nitrogens is 1. The number of carbonyl (C=O) groups excluding carboxylic acids is 1. The number of fused-ring (bicyclic) bond motifs is 1. The van der Waals surface area contributed by atoms with Crippen molar-refractivity contribution >= 4 is 22.4 Å². The Kier molecular flexibility index (Phi) is 4.89. The van der Waals surface area contributed by atoms with Crippen LogP contribution in [0.1, 0.15) is 34.0 Å². The van der Waals surface area contributed by atoms with E-state index in [1.807, 2.05) is 0 Å². The van der Waals surface area contributed by atoms with Crippen LogP contribution in [0.5, 0.6) is 5.88 Å². The van der Waals surface area contributed by atoms with Crippen molar-refractivity contribution in [1.82, 2.24) is 9.99 Å². The summed E-state index contributed by atoms with van der Waals surface area (Å²) in [6, 6.07) is 9.45. The molecule has 0 radical (unpaired) electrons. The zero-order chi connectivity index (χ0) is 20.6. The summed E-state index contributed by atoms with van der Waals surface area (Å²) in [6.07, 6.45) is -4.45. The van der Waals surface area contributed by atoms with Crippen LogP contribution in [0.25, 0.3) is 10.9 Å². The highest BCUT2D eigenvalue weighted by molar-refractivity contribution is 6.21. The van der Waals surface area contributed by atoms with Gasteiger partial charge in [0.25, 0.3) is 0 Å². The third-order valence-electron chi connectivity index (χ3n) is 4.21. The molecule has 0 atom stereocenters. The molecule has 0 aliphatic carbocycles. The summed E-state index contributed by atoms with van der Waals surface area (Å²) in [7, 11) is 3.33. The van der Waals surface area contributed by atoms with Crippen molar-refractivity contribution in [3.63, 3.8) is 0 Å². The van der Waals surface area contributed by atoms with Gasteiger partial charge in [0.05, 0.1) is 11.1 Å². The van der Waals surface area contributed by atoms with Gasteiger partial charge in [0.2, 0.25) is 0 Å². The normalized spacial score (nSPS) is 12.4. The molecule has 0 bridgehead atoms. The van der Waals surface area contributed by atoms with Gasteiger partial charge in [0, 0.05) is 36.1 Å². The summed E-state index contributed by atoms with van der Waals surface area (Å²) in [5.41, 5.74) is 1.24. The number of hydrogen-bond donors (Lipinski definition) is 2. The van der Waals surface area contributed by atoms with E-state index in [9.17, 15) is 23.1 Å². The Bertz CT molecular complexity index is 1060. The Balaban J connectivity index is 2.22. The van der Waals surface area contributed by atoms with Crippen LogP contribution < -0.4 is 0 Å². The first-order valence-corrected chi connectivity index (χ1v) is 8.37. The molecular formula is C20H18F3N3O2. The summed E-state index contributed by atoms with van der Waals surface area (Å²) < 4.78 is 38.6. The highest BCUT2D eigenvalue weighted by atomic mass is 19.4. The van der Waals surface area contributed by atoms with Gasteiger partial charge in [-0.05, 0) is 37.3 Å². The lowest BCUT2D eigenvalue weighted by Crippen LogP contribution is -2.12. The van der Waals surface area contributed by atoms with Crippen LogP contribution in [-0.4, -0.2) is 40.7 Å². The summed E-state index contributed by atoms with van der Waals surface area (Å²) in [5.74, 6) is -0.328. The molecule has 0 amide bonds. The number of H-pyrrole nitrogens is 1. The van der Waals surface area contributed by atoms with Gasteiger partial charge in [-0.1, -0.05) is 12.1 Å².